The maximum atomic E-state index is 13.8. The molecule has 2 saturated carbocycles. The van der Waals surface area contributed by atoms with Crippen molar-refractivity contribution in [3.8, 4) is 0 Å². The van der Waals surface area contributed by atoms with E-state index in [0.717, 1.165) is 24.8 Å². The van der Waals surface area contributed by atoms with Gasteiger partial charge in [0.05, 0.1) is 17.5 Å². The second-order valence-corrected chi connectivity index (χ2v) is 16.1. The van der Waals surface area contributed by atoms with Crippen LogP contribution in [0.5, 0.6) is 0 Å². The van der Waals surface area contributed by atoms with Gasteiger partial charge in [0.1, 0.15) is 9.84 Å². The van der Waals surface area contributed by atoms with Crippen LogP contribution >= 0.6 is 0 Å². The molecule has 2 aliphatic carbocycles. The number of rotatable bonds is 9. The molecule has 0 spiro atoms. The maximum absolute atomic E-state index is 13.8. The van der Waals surface area contributed by atoms with Crippen molar-refractivity contribution in [1.82, 2.24) is 9.62 Å². The van der Waals surface area contributed by atoms with Gasteiger partial charge in [0.2, 0.25) is 15.9 Å². The highest BCUT2D eigenvalue weighted by Crippen LogP contribution is 2.66. The lowest BCUT2D eigenvalue weighted by Crippen LogP contribution is -2.57. The Morgan fingerprint density at radius 2 is 1.78 bits per heavy atom. The number of benzene rings is 1. The minimum absolute atomic E-state index is 0.00259. The lowest BCUT2D eigenvalue weighted by atomic mass is 9.69. The first-order valence-electron chi connectivity index (χ1n) is 13.2. The van der Waals surface area contributed by atoms with E-state index in [0.29, 0.717) is 38.5 Å². The predicted molar refractivity (Wildman–Crippen MR) is 147 cm³/mol. The molecule has 1 aliphatic heterocycles. The normalized spacial score (nSPS) is 28.8. The van der Waals surface area contributed by atoms with Crippen molar-refractivity contribution >= 4 is 31.5 Å². The topological polar surface area (TPSA) is 130 Å². The molecule has 1 heterocycles. The summed E-state index contributed by atoms with van der Waals surface area (Å²) in [6.07, 6.45) is 3.55. The van der Waals surface area contributed by atoms with Gasteiger partial charge < -0.3 is 16.0 Å². The van der Waals surface area contributed by atoms with Gasteiger partial charge >= 0.3 is 0 Å². The van der Waals surface area contributed by atoms with E-state index in [1.807, 2.05) is 12.1 Å². The number of aryl methyl sites for hydroxylation is 1. The van der Waals surface area contributed by atoms with Crippen molar-refractivity contribution in [2.45, 2.75) is 58.5 Å². The van der Waals surface area contributed by atoms with Crippen LogP contribution in [-0.4, -0.2) is 83.1 Å². The Bertz CT molecular complexity index is 1230. The van der Waals surface area contributed by atoms with E-state index in [2.05, 4.69) is 43.1 Å². The van der Waals surface area contributed by atoms with E-state index < -0.39 is 37.2 Å². The molecule has 37 heavy (non-hydrogen) atoms. The second kappa shape index (κ2) is 10.1. The van der Waals surface area contributed by atoms with Crippen molar-refractivity contribution < 1.29 is 21.6 Å². The molecule has 1 saturated heterocycles. The van der Waals surface area contributed by atoms with Crippen molar-refractivity contribution in [2.75, 3.05) is 48.8 Å². The molecule has 208 valence electrons. The highest BCUT2D eigenvalue weighted by atomic mass is 32.2. The number of sulfone groups is 1. The smallest absolute Gasteiger partial charge is 0.237 e. The number of nitrogens with zero attached hydrogens (tertiary/aromatic N) is 2. The largest absolute Gasteiger partial charge is 0.369 e. The van der Waals surface area contributed by atoms with Crippen molar-refractivity contribution in [3.63, 3.8) is 0 Å². The first kappa shape index (κ1) is 28.3. The maximum Gasteiger partial charge on any atom is 0.237 e. The molecule has 3 N–H and O–H groups in total. The third kappa shape index (κ3) is 5.55. The third-order valence-electron chi connectivity index (χ3n) is 9.41. The van der Waals surface area contributed by atoms with Gasteiger partial charge in [0, 0.05) is 49.6 Å². The fourth-order valence-electron chi connectivity index (χ4n) is 6.92. The number of piperazine rings is 1. The highest BCUT2D eigenvalue weighted by molar-refractivity contribution is 7.90. The number of fused-ring (bicyclic) bond motifs is 2. The van der Waals surface area contributed by atoms with Gasteiger partial charge in [0.25, 0.3) is 0 Å². The summed E-state index contributed by atoms with van der Waals surface area (Å²) in [6.45, 7) is 8.47. The second-order valence-electron chi connectivity index (χ2n) is 11.9. The molecule has 1 amide bonds. The van der Waals surface area contributed by atoms with Crippen LogP contribution in [0.15, 0.2) is 24.3 Å². The zero-order chi connectivity index (χ0) is 27.2. The van der Waals surface area contributed by atoms with Crippen LogP contribution in [0.1, 0.15) is 45.1 Å². The Kier molecular flexibility index (Phi) is 7.75. The monoisotopic (exact) mass is 554 g/mol. The Balaban J connectivity index is 1.46. The molecule has 2 bridgehead atoms. The Morgan fingerprint density at radius 1 is 1.14 bits per heavy atom. The van der Waals surface area contributed by atoms with Gasteiger partial charge in [-0.1, -0.05) is 32.0 Å². The fraction of sp³-hybridized carbons (Fsp3) is 0.731. The third-order valence-corrected chi connectivity index (χ3v) is 12.4. The fourth-order valence-corrected chi connectivity index (χ4v) is 9.87. The average Bonchev–Trinajstić information content (AvgIpc) is 3.17. The summed E-state index contributed by atoms with van der Waals surface area (Å²) < 4.78 is 52.2. The van der Waals surface area contributed by atoms with E-state index in [1.54, 1.807) is 4.31 Å². The molecular formula is C26H42N4O5S2. The van der Waals surface area contributed by atoms with Crippen LogP contribution in [0.4, 0.5) is 5.69 Å². The van der Waals surface area contributed by atoms with E-state index in [9.17, 15) is 21.6 Å². The zero-order valence-electron chi connectivity index (χ0n) is 22.4. The lowest BCUT2D eigenvalue weighted by Gasteiger charge is -2.44. The molecular weight excluding hydrogens is 512 g/mol. The molecule has 0 radical (unpaired) electrons. The SMILES string of the molecule is Cc1ccccc1N1CCN(S(=O)(=O)C[C@]23CC[C@H](C[C@@H]2NC(=O)C(N)CCS(C)(=O)=O)C3(C)C)CC1. The summed E-state index contributed by atoms with van der Waals surface area (Å²) >= 11 is 0. The predicted octanol–water partition coefficient (Wildman–Crippen LogP) is 1.52. The van der Waals surface area contributed by atoms with Crippen LogP contribution in [0.3, 0.4) is 0 Å². The Labute approximate surface area is 222 Å². The molecule has 11 heteroatoms. The summed E-state index contributed by atoms with van der Waals surface area (Å²) in [5, 5.41) is 3.05. The molecule has 1 aromatic rings. The summed E-state index contributed by atoms with van der Waals surface area (Å²) in [4.78, 5) is 15.2. The van der Waals surface area contributed by atoms with Crippen LogP contribution < -0.4 is 16.0 Å². The van der Waals surface area contributed by atoms with Crippen LogP contribution in [0.25, 0.3) is 0 Å². The van der Waals surface area contributed by atoms with Crippen LogP contribution in [0, 0.1) is 23.7 Å². The number of hydrogen-bond acceptors (Lipinski definition) is 7. The summed E-state index contributed by atoms with van der Waals surface area (Å²) in [6, 6.07) is 6.90. The summed E-state index contributed by atoms with van der Waals surface area (Å²) in [7, 11) is -6.80. The zero-order valence-corrected chi connectivity index (χ0v) is 24.1. The Morgan fingerprint density at radius 3 is 2.38 bits per heavy atom. The summed E-state index contributed by atoms with van der Waals surface area (Å²) in [5.41, 5.74) is 7.50. The number of carbonyl (C=O) groups excluding carboxylic acids is 1. The minimum Gasteiger partial charge on any atom is -0.369 e. The number of hydrogen-bond donors (Lipinski definition) is 2. The molecule has 1 aromatic carbocycles. The summed E-state index contributed by atoms with van der Waals surface area (Å²) in [5.74, 6) is -0.245. The van der Waals surface area contributed by atoms with Gasteiger partial charge in [0.15, 0.2) is 0 Å². The van der Waals surface area contributed by atoms with Crippen LogP contribution in [-0.2, 0) is 24.7 Å². The van der Waals surface area contributed by atoms with Gasteiger partial charge in [-0.3, -0.25) is 4.79 Å². The Hall–Kier alpha value is -1.69. The highest BCUT2D eigenvalue weighted by Gasteiger charge is 2.65. The number of para-hydroxylation sites is 1. The van der Waals surface area contributed by atoms with E-state index in [-0.39, 0.29) is 29.4 Å². The first-order valence-corrected chi connectivity index (χ1v) is 16.9. The lowest BCUT2D eigenvalue weighted by molar-refractivity contribution is -0.124. The molecule has 9 nitrogen and oxygen atoms in total. The van der Waals surface area contributed by atoms with Gasteiger partial charge in [-0.25, -0.2) is 16.8 Å². The number of nitrogens with two attached hydrogens (primary N) is 1. The van der Waals surface area contributed by atoms with Crippen molar-refractivity contribution in [1.29, 1.82) is 0 Å². The van der Waals surface area contributed by atoms with Crippen molar-refractivity contribution in [3.05, 3.63) is 29.8 Å². The van der Waals surface area contributed by atoms with Crippen molar-refractivity contribution in [2.24, 2.45) is 22.5 Å². The van der Waals surface area contributed by atoms with E-state index in [4.69, 9.17) is 5.73 Å². The number of anilines is 1. The quantitative estimate of drug-likeness (QED) is 0.473. The molecule has 4 atom stereocenters. The van der Waals surface area contributed by atoms with E-state index in [1.165, 1.54) is 5.56 Å². The number of amides is 1. The minimum atomic E-state index is -3.57. The molecule has 3 fully saturated rings. The van der Waals surface area contributed by atoms with Gasteiger partial charge in [-0.05, 0) is 55.6 Å². The number of sulfonamides is 1. The van der Waals surface area contributed by atoms with Gasteiger partial charge in [-0.15, -0.1) is 0 Å². The average molecular weight is 555 g/mol. The standard InChI is InChI=1S/C26H42N4O5S2/c1-19-7-5-6-8-22(19)29-12-14-30(15-13-29)37(34,35)18-26-11-9-20(25(26,2)3)17-23(26)28-24(31)21(27)10-16-36(4,32)33/h5-8,20-21,23H,9-18,27H2,1-4H3,(H,28,31)/t20-,21?,23+,26-/m1/s1. The van der Waals surface area contributed by atoms with Crippen LogP contribution in [0.2, 0.25) is 0 Å². The molecule has 4 rings (SSSR count). The molecule has 1 unspecified atom stereocenters. The first-order chi connectivity index (χ1) is 17.2. The molecule has 3 aliphatic rings. The molecule has 0 aromatic heterocycles. The number of nitrogens with one attached hydrogen (secondary N) is 1. The van der Waals surface area contributed by atoms with E-state index >= 15 is 0 Å². The van der Waals surface area contributed by atoms with Gasteiger partial charge in [-0.2, -0.15) is 4.31 Å². The number of carbonyl (C=O) groups is 1.